The van der Waals surface area contributed by atoms with Gasteiger partial charge in [0.2, 0.25) is 0 Å². The number of thiophene rings is 1. The minimum Gasteiger partial charge on any atom is -0.345 e. The molecule has 28 heavy (non-hydrogen) atoms. The van der Waals surface area contributed by atoms with Gasteiger partial charge in [-0.3, -0.25) is 9.59 Å². The third-order valence-corrected chi connectivity index (χ3v) is 6.98. The van der Waals surface area contributed by atoms with Gasteiger partial charge in [0.05, 0.1) is 18.0 Å². The van der Waals surface area contributed by atoms with Crippen molar-refractivity contribution in [3.05, 3.63) is 57.8 Å². The van der Waals surface area contributed by atoms with Crippen LogP contribution in [0.1, 0.15) is 47.7 Å². The molecule has 2 atom stereocenters. The molecule has 1 aromatic carbocycles. The molecule has 1 aliphatic carbocycles. The van der Waals surface area contributed by atoms with E-state index in [2.05, 4.69) is 52.4 Å². The lowest BCUT2D eigenvalue weighted by Gasteiger charge is -2.32. The van der Waals surface area contributed by atoms with Crippen molar-refractivity contribution in [1.29, 1.82) is 0 Å². The summed E-state index contributed by atoms with van der Waals surface area (Å²) in [6.45, 7) is 2.46. The zero-order valence-electron chi connectivity index (χ0n) is 16.1. The SMILES string of the molecule is O=C(NC[C@@H](c1cccs1)[NH+]1CCc2ccccc2C1)C(=O)NC1CCCC1. The van der Waals surface area contributed by atoms with Crippen molar-refractivity contribution >= 4 is 23.2 Å². The van der Waals surface area contributed by atoms with Crippen LogP contribution in [-0.4, -0.2) is 30.9 Å². The van der Waals surface area contributed by atoms with Crippen molar-refractivity contribution in [3.63, 3.8) is 0 Å². The van der Waals surface area contributed by atoms with Crippen molar-refractivity contribution in [1.82, 2.24) is 10.6 Å². The van der Waals surface area contributed by atoms with E-state index in [1.165, 1.54) is 20.9 Å². The fraction of sp³-hybridized carbons (Fsp3) is 0.455. The minimum atomic E-state index is -0.509. The number of fused-ring (bicyclic) bond motifs is 1. The fourth-order valence-corrected chi connectivity index (χ4v) is 5.32. The lowest BCUT2D eigenvalue weighted by molar-refractivity contribution is -0.945. The van der Waals surface area contributed by atoms with Gasteiger partial charge in [0.1, 0.15) is 12.6 Å². The second-order valence-corrected chi connectivity index (χ2v) is 8.82. The van der Waals surface area contributed by atoms with Gasteiger partial charge in [0, 0.05) is 18.0 Å². The number of amides is 2. The molecule has 4 rings (SSSR count). The van der Waals surface area contributed by atoms with E-state index in [-0.39, 0.29) is 12.1 Å². The topological polar surface area (TPSA) is 62.6 Å². The molecule has 2 amide bonds. The predicted octanol–water partition coefficient (Wildman–Crippen LogP) is 1.61. The molecule has 0 radical (unpaired) electrons. The molecule has 5 nitrogen and oxygen atoms in total. The van der Waals surface area contributed by atoms with Crippen LogP contribution in [0.3, 0.4) is 0 Å². The van der Waals surface area contributed by atoms with E-state index in [0.717, 1.165) is 45.2 Å². The molecule has 2 aliphatic rings. The lowest BCUT2D eigenvalue weighted by atomic mass is 9.98. The first-order valence-electron chi connectivity index (χ1n) is 10.2. The fourth-order valence-electron chi connectivity index (χ4n) is 4.43. The van der Waals surface area contributed by atoms with Crippen LogP contribution in [0, 0.1) is 0 Å². The highest BCUT2D eigenvalue weighted by atomic mass is 32.1. The van der Waals surface area contributed by atoms with Crippen LogP contribution >= 0.6 is 11.3 Å². The first-order valence-corrected chi connectivity index (χ1v) is 11.1. The van der Waals surface area contributed by atoms with Gasteiger partial charge in [-0.1, -0.05) is 43.2 Å². The molecule has 2 heterocycles. The average Bonchev–Trinajstić information content (AvgIpc) is 3.42. The highest BCUT2D eigenvalue weighted by Crippen LogP contribution is 2.19. The van der Waals surface area contributed by atoms with Crippen molar-refractivity contribution in [2.75, 3.05) is 13.1 Å². The Labute approximate surface area is 170 Å². The highest BCUT2D eigenvalue weighted by molar-refractivity contribution is 7.10. The van der Waals surface area contributed by atoms with Crippen molar-refractivity contribution < 1.29 is 14.5 Å². The third-order valence-electron chi connectivity index (χ3n) is 5.99. The van der Waals surface area contributed by atoms with E-state index >= 15 is 0 Å². The standard InChI is InChI=1S/C22H27N3O2S/c26-21(22(27)24-18-8-3-4-9-18)23-14-19(20-10-5-13-28-20)25-12-11-16-6-1-2-7-17(16)15-25/h1-2,5-7,10,13,18-19H,3-4,8-9,11-12,14-15H2,(H,23,26)(H,24,27)/p+1/t19-/m0/s1. The van der Waals surface area contributed by atoms with Crippen molar-refractivity contribution in [2.24, 2.45) is 0 Å². The Bertz CT molecular complexity index is 815. The zero-order chi connectivity index (χ0) is 19.3. The third kappa shape index (κ3) is 4.45. The maximum Gasteiger partial charge on any atom is 0.309 e. The highest BCUT2D eigenvalue weighted by Gasteiger charge is 2.30. The van der Waals surface area contributed by atoms with Crippen molar-refractivity contribution in [2.45, 2.75) is 50.7 Å². The molecular formula is C22H28N3O2S+. The van der Waals surface area contributed by atoms with Crippen LogP contribution in [0.4, 0.5) is 0 Å². The van der Waals surface area contributed by atoms with Gasteiger partial charge in [0.25, 0.3) is 0 Å². The number of hydrogen-bond acceptors (Lipinski definition) is 3. The van der Waals surface area contributed by atoms with Crippen LogP contribution in [-0.2, 0) is 22.6 Å². The summed E-state index contributed by atoms with van der Waals surface area (Å²) in [5, 5.41) is 7.85. The quantitative estimate of drug-likeness (QED) is 0.670. The summed E-state index contributed by atoms with van der Waals surface area (Å²) in [5.74, 6) is -0.999. The Morgan fingerprint density at radius 3 is 2.61 bits per heavy atom. The van der Waals surface area contributed by atoms with Crippen LogP contribution < -0.4 is 15.5 Å². The van der Waals surface area contributed by atoms with E-state index in [4.69, 9.17) is 0 Å². The summed E-state index contributed by atoms with van der Waals surface area (Å²) < 4.78 is 0. The number of quaternary nitrogens is 1. The normalized spacial score (nSPS) is 20.4. The van der Waals surface area contributed by atoms with Gasteiger partial charge in [0.15, 0.2) is 0 Å². The maximum atomic E-state index is 12.4. The summed E-state index contributed by atoms with van der Waals surface area (Å²) in [6, 6.07) is 13.1. The zero-order valence-corrected chi connectivity index (χ0v) is 16.9. The van der Waals surface area contributed by atoms with Crippen LogP contribution in [0.2, 0.25) is 0 Å². The van der Waals surface area contributed by atoms with Gasteiger partial charge in [-0.2, -0.15) is 0 Å². The van der Waals surface area contributed by atoms with Crippen LogP contribution in [0.5, 0.6) is 0 Å². The number of nitrogens with one attached hydrogen (secondary N) is 3. The molecule has 1 aromatic heterocycles. The summed E-state index contributed by atoms with van der Waals surface area (Å²) >= 11 is 1.72. The van der Waals surface area contributed by atoms with E-state index in [1.807, 2.05) is 0 Å². The van der Waals surface area contributed by atoms with Gasteiger partial charge in [-0.15, -0.1) is 11.3 Å². The predicted molar refractivity (Wildman–Crippen MR) is 110 cm³/mol. The van der Waals surface area contributed by atoms with Gasteiger partial charge < -0.3 is 15.5 Å². The lowest BCUT2D eigenvalue weighted by Crippen LogP contribution is -3.12. The second-order valence-electron chi connectivity index (χ2n) is 7.84. The largest absolute Gasteiger partial charge is 0.345 e. The minimum absolute atomic E-state index is 0.163. The van der Waals surface area contributed by atoms with E-state index < -0.39 is 11.8 Å². The molecular weight excluding hydrogens is 370 g/mol. The molecule has 3 N–H and O–H groups in total. The number of benzene rings is 1. The summed E-state index contributed by atoms with van der Waals surface area (Å²) in [7, 11) is 0. The van der Waals surface area contributed by atoms with Crippen molar-refractivity contribution in [3.8, 4) is 0 Å². The molecule has 1 aliphatic heterocycles. The number of carbonyl (C=O) groups is 2. The Kier molecular flexibility index (Phi) is 6.07. The number of hydrogen-bond donors (Lipinski definition) is 3. The molecule has 2 aromatic rings. The van der Waals surface area contributed by atoms with Gasteiger partial charge in [-0.05, 0) is 29.9 Å². The first kappa shape index (κ1) is 19.2. The van der Waals surface area contributed by atoms with Gasteiger partial charge >= 0.3 is 11.8 Å². The molecule has 6 heteroatoms. The molecule has 1 fully saturated rings. The van der Waals surface area contributed by atoms with Gasteiger partial charge in [-0.25, -0.2) is 0 Å². The molecule has 1 unspecified atom stereocenters. The van der Waals surface area contributed by atoms with E-state index in [0.29, 0.717) is 6.54 Å². The monoisotopic (exact) mass is 398 g/mol. The number of rotatable bonds is 5. The summed E-state index contributed by atoms with van der Waals surface area (Å²) in [6.07, 6.45) is 5.27. The van der Waals surface area contributed by atoms with Crippen LogP contribution in [0.15, 0.2) is 41.8 Å². The van der Waals surface area contributed by atoms with Crippen LogP contribution in [0.25, 0.3) is 0 Å². The number of carbonyl (C=O) groups excluding carboxylic acids is 2. The molecule has 0 bridgehead atoms. The summed E-state index contributed by atoms with van der Waals surface area (Å²) in [5.41, 5.74) is 2.81. The van der Waals surface area contributed by atoms with E-state index in [1.54, 1.807) is 11.3 Å². The Hall–Kier alpha value is -2.18. The second kappa shape index (κ2) is 8.88. The Balaban J connectivity index is 1.40. The molecule has 0 saturated heterocycles. The smallest absolute Gasteiger partial charge is 0.309 e. The summed E-state index contributed by atoms with van der Waals surface area (Å²) in [4.78, 5) is 27.3. The molecule has 0 spiro atoms. The Morgan fingerprint density at radius 2 is 1.86 bits per heavy atom. The first-order chi connectivity index (χ1) is 13.7. The average molecular weight is 399 g/mol. The maximum absolute atomic E-state index is 12.4. The molecule has 1 saturated carbocycles. The molecule has 148 valence electrons. The Morgan fingerprint density at radius 1 is 1.07 bits per heavy atom. The van der Waals surface area contributed by atoms with E-state index in [9.17, 15) is 9.59 Å².